The molecule has 0 bridgehead atoms. The molecule has 6 nitrogen and oxygen atoms in total. The van der Waals surface area contributed by atoms with Crippen LogP contribution in [0.25, 0.3) is 11.0 Å². The van der Waals surface area contributed by atoms with Crippen LogP contribution < -0.4 is 0 Å². The molecule has 0 aliphatic heterocycles. The molecule has 6 heteroatoms. The van der Waals surface area contributed by atoms with Crippen LogP contribution in [0.1, 0.15) is 0 Å². The molecule has 1 unspecified atom stereocenters. The summed E-state index contributed by atoms with van der Waals surface area (Å²) in [4.78, 5) is 10.5. The quantitative estimate of drug-likeness (QED) is 0.732. The molecule has 0 saturated carbocycles. The lowest BCUT2D eigenvalue weighted by molar-refractivity contribution is -0.147. The molecule has 15 heavy (non-hydrogen) atoms. The number of carboxylic acid groups (broad SMARTS) is 1. The maximum atomic E-state index is 10.5. The van der Waals surface area contributed by atoms with E-state index in [-0.39, 0.29) is 6.54 Å². The van der Waals surface area contributed by atoms with Gasteiger partial charge >= 0.3 is 5.97 Å². The number of para-hydroxylation sites is 1. The van der Waals surface area contributed by atoms with E-state index < -0.39 is 12.1 Å². The minimum Gasteiger partial charge on any atom is -0.479 e. The second-order valence-corrected chi connectivity index (χ2v) is 3.11. The number of fused-ring (bicyclic) bond motifs is 1. The van der Waals surface area contributed by atoms with Gasteiger partial charge in [-0.3, -0.25) is 0 Å². The van der Waals surface area contributed by atoms with Crippen molar-refractivity contribution in [1.29, 1.82) is 0 Å². The molecule has 1 heterocycles. The van der Waals surface area contributed by atoms with Crippen molar-refractivity contribution in [3.05, 3.63) is 24.3 Å². The van der Waals surface area contributed by atoms with E-state index in [0.717, 1.165) is 0 Å². The topological polar surface area (TPSA) is 88.2 Å². The largest absolute Gasteiger partial charge is 0.479 e. The molecule has 0 aliphatic carbocycles. The van der Waals surface area contributed by atoms with E-state index in [2.05, 4.69) is 10.3 Å². The van der Waals surface area contributed by atoms with Crippen LogP contribution >= 0.6 is 0 Å². The molecule has 0 fully saturated rings. The molecule has 0 saturated heterocycles. The number of carbonyl (C=O) groups is 1. The van der Waals surface area contributed by atoms with Gasteiger partial charge in [-0.1, -0.05) is 17.3 Å². The van der Waals surface area contributed by atoms with Crippen molar-refractivity contribution in [3.63, 3.8) is 0 Å². The monoisotopic (exact) mass is 207 g/mol. The van der Waals surface area contributed by atoms with Crippen LogP contribution in [0.3, 0.4) is 0 Å². The zero-order valence-corrected chi connectivity index (χ0v) is 7.74. The Kier molecular flexibility index (Phi) is 2.34. The van der Waals surface area contributed by atoms with Crippen LogP contribution in [0.4, 0.5) is 0 Å². The zero-order valence-electron chi connectivity index (χ0n) is 7.74. The summed E-state index contributed by atoms with van der Waals surface area (Å²) in [5.41, 5.74) is 1.38. The summed E-state index contributed by atoms with van der Waals surface area (Å²) in [6, 6.07) is 7.15. The number of aliphatic carboxylic acids is 1. The lowest BCUT2D eigenvalue weighted by Gasteiger charge is -2.05. The second kappa shape index (κ2) is 3.66. The molecule has 0 radical (unpaired) electrons. The van der Waals surface area contributed by atoms with Crippen LogP contribution in [0, 0.1) is 0 Å². The maximum absolute atomic E-state index is 10.5. The second-order valence-electron chi connectivity index (χ2n) is 3.11. The molecule has 2 rings (SSSR count). The maximum Gasteiger partial charge on any atom is 0.334 e. The van der Waals surface area contributed by atoms with Crippen LogP contribution in [0.5, 0.6) is 0 Å². The van der Waals surface area contributed by atoms with Gasteiger partial charge in [0, 0.05) is 0 Å². The van der Waals surface area contributed by atoms with E-state index in [9.17, 15) is 4.79 Å². The Morgan fingerprint density at radius 2 is 2.20 bits per heavy atom. The Morgan fingerprint density at radius 3 is 2.93 bits per heavy atom. The van der Waals surface area contributed by atoms with Gasteiger partial charge < -0.3 is 10.2 Å². The minimum atomic E-state index is -1.46. The van der Waals surface area contributed by atoms with Gasteiger partial charge in [0.25, 0.3) is 0 Å². The third-order valence-corrected chi connectivity index (χ3v) is 2.05. The highest BCUT2D eigenvalue weighted by molar-refractivity contribution is 5.75. The van der Waals surface area contributed by atoms with E-state index in [1.165, 1.54) is 4.68 Å². The van der Waals surface area contributed by atoms with Crippen LogP contribution in [0.2, 0.25) is 0 Å². The van der Waals surface area contributed by atoms with Crippen molar-refractivity contribution in [2.45, 2.75) is 12.6 Å². The molecule has 1 aromatic heterocycles. The molecule has 78 valence electrons. The van der Waals surface area contributed by atoms with Crippen LogP contribution in [-0.2, 0) is 11.3 Å². The van der Waals surface area contributed by atoms with E-state index in [1.54, 1.807) is 18.2 Å². The predicted octanol–water partition coefficient (Wildman–Crippen LogP) is -0.123. The predicted molar refractivity (Wildman–Crippen MR) is 51.2 cm³/mol. The van der Waals surface area contributed by atoms with Gasteiger partial charge in [0.1, 0.15) is 5.52 Å². The molecule has 1 atom stereocenters. The van der Waals surface area contributed by atoms with Crippen molar-refractivity contribution in [1.82, 2.24) is 15.0 Å². The zero-order chi connectivity index (χ0) is 10.8. The number of benzene rings is 1. The van der Waals surface area contributed by atoms with Crippen LogP contribution in [0.15, 0.2) is 24.3 Å². The number of aliphatic hydroxyl groups is 1. The number of nitrogens with zero attached hydrogens (tertiary/aromatic N) is 3. The van der Waals surface area contributed by atoms with Gasteiger partial charge in [-0.05, 0) is 12.1 Å². The Morgan fingerprint density at radius 1 is 1.47 bits per heavy atom. The highest BCUT2D eigenvalue weighted by Gasteiger charge is 2.15. The third-order valence-electron chi connectivity index (χ3n) is 2.05. The summed E-state index contributed by atoms with van der Waals surface area (Å²) >= 11 is 0. The SMILES string of the molecule is O=C(O)C(O)Cn1nnc2ccccc21. The number of hydrogen-bond acceptors (Lipinski definition) is 4. The van der Waals surface area contributed by atoms with Crippen molar-refractivity contribution >= 4 is 17.0 Å². The van der Waals surface area contributed by atoms with Gasteiger partial charge in [0.15, 0.2) is 6.10 Å². The average molecular weight is 207 g/mol. The average Bonchev–Trinajstić information content (AvgIpc) is 2.62. The summed E-state index contributed by atoms with van der Waals surface area (Å²) in [7, 11) is 0. The molecule has 2 N–H and O–H groups in total. The molecule has 1 aromatic carbocycles. The van der Waals surface area contributed by atoms with E-state index in [4.69, 9.17) is 10.2 Å². The Labute approximate surface area is 84.8 Å². The Hall–Kier alpha value is -1.95. The highest BCUT2D eigenvalue weighted by atomic mass is 16.4. The van der Waals surface area contributed by atoms with E-state index in [1.807, 2.05) is 6.07 Å². The number of aromatic nitrogens is 3. The van der Waals surface area contributed by atoms with E-state index >= 15 is 0 Å². The minimum absolute atomic E-state index is 0.101. The van der Waals surface area contributed by atoms with E-state index in [0.29, 0.717) is 11.0 Å². The Bertz CT molecular complexity index is 494. The van der Waals surface area contributed by atoms with Gasteiger partial charge in [-0.15, -0.1) is 5.10 Å². The standard InChI is InChI=1S/C9H9N3O3/c13-8(9(14)15)5-12-7-4-2-1-3-6(7)10-11-12/h1-4,8,13H,5H2,(H,14,15). The molecular weight excluding hydrogens is 198 g/mol. The smallest absolute Gasteiger partial charge is 0.334 e. The van der Waals surface area contributed by atoms with Crippen molar-refractivity contribution in [2.24, 2.45) is 0 Å². The van der Waals surface area contributed by atoms with Gasteiger partial charge in [0.2, 0.25) is 0 Å². The Balaban J connectivity index is 2.32. The summed E-state index contributed by atoms with van der Waals surface area (Å²) in [6.45, 7) is -0.101. The summed E-state index contributed by atoms with van der Waals surface area (Å²) < 4.78 is 1.37. The molecule has 2 aromatic rings. The first-order valence-corrected chi connectivity index (χ1v) is 4.37. The molecule has 0 spiro atoms. The lowest BCUT2D eigenvalue weighted by atomic mass is 10.3. The van der Waals surface area contributed by atoms with Crippen molar-refractivity contribution < 1.29 is 15.0 Å². The molecule has 0 aliphatic rings. The van der Waals surface area contributed by atoms with Gasteiger partial charge in [-0.25, -0.2) is 9.48 Å². The van der Waals surface area contributed by atoms with Crippen LogP contribution in [-0.4, -0.2) is 37.3 Å². The number of aliphatic hydroxyl groups excluding tert-OH is 1. The normalized spacial score (nSPS) is 12.9. The lowest BCUT2D eigenvalue weighted by Crippen LogP contribution is -2.25. The third kappa shape index (κ3) is 1.79. The highest BCUT2D eigenvalue weighted by Crippen LogP contribution is 2.09. The first kappa shape index (κ1) is 9.60. The first-order valence-electron chi connectivity index (χ1n) is 4.37. The number of carboxylic acids is 1. The van der Waals surface area contributed by atoms with Crippen molar-refractivity contribution in [3.8, 4) is 0 Å². The first-order chi connectivity index (χ1) is 7.18. The summed E-state index contributed by atoms with van der Waals surface area (Å²) in [5.74, 6) is -1.27. The van der Waals surface area contributed by atoms with Crippen molar-refractivity contribution in [2.75, 3.05) is 0 Å². The fraction of sp³-hybridized carbons (Fsp3) is 0.222. The van der Waals surface area contributed by atoms with Gasteiger partial charge in [0.05, 0.1) is 12.1 Å². The fourth-order valence-corrected chi connectivity index (χ4v) is 1.29. The van der Waals surface area contributed by atoms with Gasteiger partial charge in [-0.2, -0.15) is 0 Å². The molecule has 0 amide bonds. The number of rotatable bonds is 3. The fourth-order valence-electron chi connectivity index (χ4n) is 1.29. The number of hydrogen-bond donors (Lipinski definition) is 2. The summed E-state index contributed by atoms with van der Waals surface area (Å²) in [6.07, 6.45) is -1.46. The molecular formula is C9H9N3O3. The summed E-state index contributed by atoms with van der Waals surface area (Å²) in [5, 5.41) is 25.3.